The second-order valence-electron chi connectivity index (χ2n) is 2.56. The lowest BCUT2D eigenvalue weighted by atomic mass is 10.4. The molecule has 80 valence electrons. The lowest BCUT2D eigenvalue weighted by Gasteiger charge is -2.27. The van der Waals surface area contributed by atoms with Gasteiger partial charge in [-0.3, -0.25) is 0 Å². The first-order valence-electron chi connectivity index (χ1n) is 3.53. The average molecular weight is 226 g/mol. The van der Waals surface area contributed by atoms with Crippen molar-refractivity contribution in [3.8, 4) is 0 Å². The molecule has 0 saturated carbocycles. The molecule has 7 heteroatoms. The Morgan fingerprint density at radius 2 is 1.31 bits per heavy atom. The van der Waals surface area contributed by atoms with Crippen LogP contribution in [0.5, 0.6) is 0 Å². The maximum Gasteiger partial charge on any atom is 0.414 e. The van der Waals surface area contributed by atoms with Gasteiger partial charge >= 0.3 is 11.8 Å². The molecular weight excluding hydrogens is 217 g/mol. The average Bonchev–Trinajstić information content (AvgIpc) is 1.80. The molecule has 0 spiro atoms. The SMILES string of the molecule is CCC(C)P(C(F)(F)F)C(F)(F)F. The summed E-state index contributed by atoms with van der Waals surface area (Å²) in [5, 5.41) is 0. The van der Waals surface area contributed by atoms with Crippen LogP contribution in [0.4, 0.5) is 26.3 Å². The fraction of sp³-hybridized carbons (Fsp3) is 1.00. The normalized spacial score (nSPS) is 16.4. The molecule has 0 nitrogen and oxygen atoms in total. The molecule has 0 amide bonds. The van der Waals surface area contributed by atoms with E-state index in [4.69, 9.17) is 0 Å². The van der Waals surface area contributed by atoms with Gasteiger partial charge in [0.2, 0.25) is 0 Å². The van der Waals surface area contributed by atoms with Crippen LogP contribution in [0.25, 0.3) is 0 Å². The first kappa shape index (κ1) is 13.0. The van der Waals surface area contributed by atoms with E-state index in [2.05, 4.69) is 0 Å². The first-order valence-corrected chi connectivity index (χ1v) is 4.94. The maximum absolute atomic E-state index is 12.0. The van der Waals surface area contributed by atoms with E-state index in [1.807, 2.05) is 0 Å². The molecule has 0 bridgehead atoms. The van der Waals surface area contributed by atoms with Crippen LogP contribution in [-0.4, -0.2) is 17.5 Å². The summed E-state index contributed by atoms with van der Waals surface area (Å²) in [7, 11) is -3.90. The van der Waals surface area contributed by atoms with Crippen molar-refractivity contribution < 1.29 is 26.3 Å². The summed E-state index contributed by atoms with van der Waals surface area (Å²) in [5.74, 6) is -10.3. The summed E-state index contributed by atoms with van der Waals surface area (Å²) in [4.78, 5) is 0. The highest BCUT2D eigenvalue weighted by atomic mass is 31.1. The molecule has 0 N–H and O–H groups in total. The van der Waals surface area contributed by atoms with E-state index in [-0.39, 0.29) is 6.42 Å². The summed E-state index contributed by atoms with van der Waals surface area (Å²) in [6, 6.07) is 0. The number of hydrogen-bond donors (Lipinski definition) is 0. The molecule has 0 aliphatic rings. The number of hydrogen-bond acceptors (Lipinski definition) is 0. The van der Waals surface area contributed by atoms with Crippen LogP contribution < -0.4 is 0 Å². The van der Waals surface area contributed by atoms with Gasteiger partial charge in [-0.15, -0.1) is 0 Å². The third-order valence-electron chi connectivity index (χ3n) is 1.58. The van der Waals surface area contributed by atoms with E-state index in [0.717, 1.165) is 6.92 Å². The van der Waals surface area contributed by atoms with Crippen molar-refractivity contribution >= 4 is 7.92 Å². The van der Waals surface area contributed by atoms with Gasteiger partial charge in [-0.25, -0.2) is 0 Å². The minimum Gasteiger partial charge on any atom is -0.167 e. The molecule has 0 aliphatic carbocycles. The van der Waals surface area contributed by atoms with E-state index in [9.17, 15) is 26.3 Å². The fourth-order valence-corrected chi connectivity index (χ4v) is 2.48. The fourth-order valence-electron chi connectivity index (χ4n) is 0.826. The van der Waals surface area contributed by atoms with Crippen LogP contribution in [0.15, 0.2) is 0 Å². The third-order valence-corrected chi connectivity index (χ3v) is 3.92. The van der Waals surface area contributed by atoms with Gasteiger partial charge in [0.1, 0.15) is 7.92 Å². The van der Waals surface area contributed by atoms with Gasteiger partial charge in [0.05, 0.1) is 0 Å². The summed E-state index contributed by atoms with van der Waals surface area (Å²) in [6.45, 7) is 2.30. The van der Waals surface area contributed by atoms with Crippen molar-refractivity contribution in [2.75, 3.05) is 0 Å². The lowest BCUT2D eigenvalue weighted by Crippen LogP contribution is -2.24. The van der Waals surface area contributed by atoms with Crippen molar-refractivity contribution in [1.29, 1.82) is 0 Å². The molecule has 0 aromatic heterocycles. The van der Waals surface area contributed by atoms with Gasteiger partial charge in [-0.1, -0.05) is 13.8 Å². The Morgan fingerprint density at radius 3 is 1.38 bits per heavy atom. The molecular formula is C6H9F6P. The molecule has 0 heterocycles. The molecule has 1 unspecified atom stereocenters. The van der Waals surface area contributed by atoms with Crippen LogP contribution in [0.2, 0.25) is 0 Å². The summed E-state index contributed by atoms with van der Waals surface area (Å²) < 4.78 is 71.8. The zero-order chi connectivity index (χ0) is 10.9. The quantitative estimate of drug-likeness (QED) is 0.486. The minimum absolute atomic E-state index is 0.120. The summed E-state index contributed by atoms with van der Waals surface area (Å²) >= 11 is 0. The van der Waals surface area contributed by atoms with Crippen molar-refractivity contribution in [2.24, 2.45) is 0 Å². The molecule has 0 fully saturated rings. The number of alkyl halides is 6. The zero-order valence-electron chi connectivity index (χ0n) is 7.00. The molecule has 0 rings (SSSR count). The predicted molar refractivity (Wildman–Crippen MR) is 38.8 cm³/mol. The smallest absolute Gasteiger partial charge is 0.167 e. The highest BCUT2D eigenvalue weighted by Crippen LogP contribution is 2.67. The van der Waals surface area contributed by atoms with E-state index in [1.54, 1.807) is 0 Å². The second-order valence-corrected chi connectivity index (χ2v) is 5.20. The minimum atomic E-state index is -5.14. The predicted octanol–water partition coefficient (Wildman–Crippen LogP) is 4.31. The maximum atomic E-state index is 12.0. The van der Waals surface area contributed by atoms with Gasteiger partial charge in [0, 0.05) is 0 Å². The second kappa shape index (κ2) is 4.03. The Balaban J connectivity index is 4.78. The van der Waals surface area contributed by atoms with Crippen LogP contribution >= 0.6 is 7.92 Å². The number of halogens is 6. The van der Waals surface area contributed by atoms with Crippen LogP contribution in [-0.2, 0) is 0 Å². The Labute approximate surface area is 73.1 Å². The zero-order valence-corrected chi connectivity index (χ0v) is 7.89. The Bertz CT molecular complexity index is 145. The van der Waals surface area contributed by atoms with E-state index < -0.39 is 25.4 Å². The van der Waals surface area contributed by atoms with E-state index in [1.165, 1.54) is 6.92 Å². The summed E-state index contributed by atoms with van der Waals surface area (Å²) in [5.41, 5.74) is -1.37. The lowest BCUT2D eigenvalue weighted by molar-refractivity contribution is -0.0845. The topological polar surface area (TPSA) is 0 Å². The van der Waals surface area contributed by atoms with Crippen molar-refractivity contribution in [1.82, 2.24) is 0 Å². The molecule has 0 aliphatic heterocycles. The Morgan fingerprint density at radius 1 is 1.00 bits per heavy atom. The standard InChI is InChI=1S/C6H9F6P/c1-3-4(2)13(5(7,8)9)6(10,11)12/h4H,3H2,1-2H3. The van der Waals surface area contributed by atoms with E-state index in [0.29, 0.717) is 0 Å². The molecule has 0 aromatic rings. The van der Waals surface area contributed by atoms with Crippen molar-refractivity contribution in [2.45, 2.75) is 37.8 Å². The summed E-state index contributed by atoms with van der Waals surface area (Å²) in [6.07, 6.45) is -0.120. The molecule has 13 heavy (non-hydrogen) atoms. The van der Waals surface area contributed by atoms with Crippen LogP contribution in [0, 0.1) is 0 Å². The van der Waals surface area contributed by atoms with Gasteiger partial charge in [-0.05, 0) is 12.1 Å². The van der Waals surface area contributed by atoms with Gasteiger partial charge in [-0.2, -0.15) is 26.3 Å². The molecule has 1 atom stereocenters. The first-order chi connectivity index (χ1) is 5.60. The largest absolute Gasteiger partial charge is 0.414 e. The van der Waals surface area contributed by atoms with Crippen LogP contribution in [0.1, 0.15) is 20.3 Å². The highest BCUT2D eigenvalue weighted by Gasteiger charge is 2.58. The van der Waals surface area contributed by atoms with Gasteiger partial charge in [0.15, 0.2) is 0 Å². The molecule has 0 saturated heterocycles. The third kappa shape index (κ3) is 3.71. The molecule has 0 aromatic carbocycles. The Kier molecular flexibility index (Phi) is 4.03. The monoisotopic (exact) mass is 226 g/mol. The van der Waals surface area contributed by atoms with Gasteiger partial charge < -0.3 is 0 Å². The molecule has 0 radical (unpaired) electrons. The van der Waals surface area contributed by atoms with Crippen molar-refractivity contribution in [3.63, 3.8) is 0 Å². The highest BCUT2D eigenvalue weighted by molar-refractivity contribution is 7.60. The van der Waals surface area contributed by atoms with Gasteiger partial charge in [0.25, 0.3) is 0 Å². The Hall–Kier alpha value is 0.01000. The van der Waals surface area contributed by atoms with Crippen molar-refractivity contribution in [3.05, 3.63) is 0 Å². The van der Waals surface area contributed by atoms with E-state index >= 15 is 0 Å². The van der Waals surface area contributed by atoms with Crippen LogP contribution in [0.3, 0.4) is 0 Å². The number of rotatable bonds is 2.